The van der Waals surface area contributed by atoms with Crippen LogP contribution in [0.3, 0.4) is 0 Å². The highest BCUT2D eigenvalue weighted by Gasteiger charge is 2.24. The molecule has 2 aromatic carbocycles. The first kappa shape index (κ1) is 18.6. The molecule has 1 aliphatic rings. The minimum atomic E-state index is -0.479. The van der Waals surface area contributed by atoms with Gasteiger partial charge in [-0.2, -0.15) is 0 Å². The predicted molar refractivity (Wildman–Crippen MR) is 101 cm³/mol. The summed E-state index contributed by atoms with van der Waals surface area (Å²) in [6, 6.07) is 14.2. The van der Waals surface area contributed by atoms with Crippen molar-refractivity contribution in [2.24, 2.45) is 0 Å². The molecule has 2 aromatic rings. The highest BCUT2D eigenvalue weighted by atomic mass is 16.5. The highest BCUT2D eigenvalue weighted by molar-refractivity contribution is 5.98. The van der Waals surface area contributed by atoms with E-state index in [2.05, 4.69) is 5.32 Å². The molecule has 0 aliphatic carbocycles. The summed E-state index contributed by atoms with van der Waals surface area (Å²) in [5, 5.41) is 2.92. The summed E-state index contributed by atoms with van der Waals surface area (Å²) in [5.41, 5.74) is 3.17. The van der Waals surface area contributed by atoms with E-state index in [-0.39, 0.29) is 18.2 Å². The van der Waals surface area contributed by atoms with Crippen LogP contribution in [0, 0.1) is 0 Å². The van der Waals surface area contributed by atoms with Gasteiger partial charge in [-0.3, -0.25) is 14.4 Å². The molecule has 3 rings (SSSR count). The summed E-state index contributed by atoms with van der Waals surface area (Å²) in [4.78, 5) is 37.9. The number of nitrogens with zero attached hydrogens (tertiary/aromatic N) is 1. The Kier molecular flexibility index (Phi) is 5.54. The van der Waals surface area contributed by atoms with Crippen LogP contribution in [0.25, 0.3) is 0 Å². The predicted octanol–water partition coefficient (Wildman–Crippen LogP) is 2.63. The molecular formula is C21H22N2O4. The van der Waals surface area contributed by atoms with E-state index < -0.39 is 12.0 Å². The zero-order valence-corrected chi connectivity index (χ0v) is 15.4. The first-order chi connectivity index (χ1) is 13.0. The fourth-order valence-corrected chi connectivity index (χ4v) is 3.30. The van der Waals surface area contributed by atoms with E-state index in [1.165, 1.54) is 14.0 Å². The monoisotopic (exact) mass is 366 g/mol. The van der Waals surface area contributed by atoms with Gasteiger partial charge >= 0.3 is 5.97 Å². The Morgan fingerprint density at radius 3 is 2.56 bits per heavy atom. The van der Waals surface area contributed by atoms with Gasteiger partial charge < -0.3 is 15.0 Å². The topological polar surface area (TPSA) is 75.7 Å². The Bertz CT molecular complexity index is 864. The number of nitrogens with one attached hydrogen (secondary N) is 1. The second kappa shape index (κ2) is 8.03. The molecule has 0 fully saturated rings. The van der Waals surface area contributed by atoms with Crippen LogP contribution in [0.1, 0.15) is 40.9 Å². The Hall–Kier alpha value is -3.15. The van der Waals surface area contributed by atoms with Crippen LogP contribution in [0.2, 0.25) is 0 Å². The van der Waals surface area contributed by atoms with Gasteiger partial charge in [-0.1, -0.05) is 30.3 Å². The smallest absolute Gasteiger partial charge is 0.307 e. The van der Waals surface area contributed by atoms with E-state index in [4.69, 9.17) is 4.74 Å². The Labute approximate surface area is 158 Å². The molecule has 0 saturated carbocycles. The summed E-state index contributed by atoms with van der Waals surface area (Å²) in [7, 11) is 1.33. The quantitative estimate of drug-likeness (QED) is 0.826. The zero-order valence-electron chi connectivity index (χ0n) is 15.4. The van der Waals surface area contributed by atoms with E-state index in [1.54, 1.807) is 17.0 Å². The molecule has 2 amide bonds. The average molecular weight is 366 g/mol. The molecule has 0 radical (unpaired) electrons. The molecule has 1 atom stereocenters. The first-order valence-corrected chi connectivity index (χ1v) is 8.83. The number of esters is 1. The van der Waals surface area contributed by atoms with Gasteiger partial charge in [-0.25, -0.2) is 0 Å². The summed E-state index contributed by atoms with van der Waals surface area (Å²) in [6.45, 7) is 2.16. The number of amides is 2. The van der Waals surface area contributed by atoms with Crippen LogP contribution >= 0.6 is 0 Å². The number of hydrogen-bond donors (Lipinski definition) is 1. The van der Waals surface area contributed by atoms with Crippen molar-refractivity contribution < 1.29 is 19.1 Å². The van der Waals surface area contributed by atoms with Crippen molar-refractivity contribution in [3.8, 4) is 0 Å². The Balaban J connectivity index is 1.80. The van der Waals surface area contributed by atoms with E-state index in [0.717, 1.165) is 23.2 Å². The third-order valence-corrected chi connectivity index (χ3v) is 4.72. The van der Waals surface area contributed by atoms with E-state index >= 15 is 0 Å². The van der Waals surface area contributed by atoms with E-state index in [1.807, 2.05) is 36.4 Å². The van der Waals surface area contributed by atoms with E-state index in [0.29, 0.717) is 12.1 Å². The number of carbonyl (C=O) groups excluding carboxylic acids is 3. The molecule has 0 spiro atoms. The van der Waals surface area contributed by atoms with Crippen molar-refractivity contribution >= 4 is 23.5 Å². The molecule has 0 saturated heterocycles. The third-order valence-electron chi connectivity index (χ3n) is 4.72. The van der Waals surface area contributed by atoms with E-state index in [9.17, 15) is 14.4 Å². The normalized spacial score (nSPS) is 13.6. The van der Waals surface area contributed by atoms with Crippen molar-refractivity contribution in [3.63, 3.8) is 0 Å². The van der Waals surface area contributed by atoms with Crippen LogP contribution in [0.5, 0.6) is 0 Å². The van der Waals surface area contributed by atoms with Gasteiger partial charge in [0.1, 0.15) is 0 Å². The van der Waals surface area contributed by atoms with Crippen LogP contribution in [0.4, 0.5) is 5.69 Å². The van der Waals surface area contributed by atoms with Gasteiger partial charge in [0.25, 0.3) is 5.91 Å². The van der Waals surface area contributed by atoms with Gasteiger partial charge in [0.15, 0.2) is 0 Å². The number of methoxy groups -OCH3 is 1. The second-order valence-electron chi connectivity index (χ2n) is 6.48. The van der Waals surface area contributed by atoms with Crippen molar-refractivity contribution in [1.82, 2.24) is 5.32 Å². The largest absolute Gasteiger partial charge is 0.469 e. The SMILES string of the molecule is COC(=O)C[C@H](NC(=O)c1ccc2c(c1)CCN2C(C)=O)c1ccccc1. The fraction of sp³-hybridized carbons (Fsp3) is 0.286. The lowest BCUT2D eigenvalue weighted by atomic mass is 10.0. The Morgan fingerprint density at radius 2 is 1.89 bits per heavy atom. The summed E-state index contributed by atoms with van der Waals surface area (Å²) in [5.74, 6) is -0.666. The standard InChI is InChI=1S/C21H22N2O4/c1-14(24)23-11-10-16-12-17(8-9-19(16)23)21(26)22-18(13-20(25)27-2)15-6-4-3-5-7-15/h3-9,12,18H,10-11,13H2,1-2H3,(H,22,26)/t18-/m0/s1. The van der Waals surface area contributed by atoms with Crippen LogP contribution in [-0.4, -0.2) is 31.4 Å². The lowest BCUT2D eigenvalue weighted by Crippen LogP contribution is -2.30. The molecule has 27 heavy (non-hydrogen) atoms. The van der Waals surface area contributed by atoms with Gasteiger partial charge in [0, 0.05) is 24.7 Å². The lowest BCUT2D eigenvalue weighted by Gasteiger charge is -2.19. The molecule has 1 N–H and O–H groups in total. The van der Waals surface area contributed by atoms with Crippen molar-refractivity contribution in [1.29, 1.82) is 0 Å². The van der Waals surface area contributed by atoms with Gasteiger partial charge in [0.2, 0.25) is 5.91 Å². The first-order valence-electron chi connectivity index (χ1n) is 8.83. The fourth-order valence-electron chi connectivity index (χ4n) is 3.30. The van der Waals surface area contributed by atoms with Crippen LogP contribution in [-0.2, 0) is 20.7 Å². The number of anilines is 1. The summed E-state index contributed by atoms with van der Waals surface area (Å²) in [6.07, 6.45) is 0.773. The van der Waals surface area contributed by atoms with Crippen LogP contribution in [0.15, 0.2) is 48.5 Å². The zero-order chi connectivity index (χ0) is 19.4. The third kappa shape index (κ3) is 4.16. The van der Waals surface area contributed by atoms with Gasteiger partial charge in [-0.15, -0.1) is 0 Å². The van der Waals surface area contributed by atoms with Gasteiger partial charge in [-0.05, 0) is 35.7 Å². The molecule has 1 heterocycles. The number of fused-ring (bicyclic) bond motifs is 1. The second-order valence-corrected chi connectivity index (χ2v) is 6.48. The van der Waals surface area contributed by atoms with Crippen molar-refractivity contribution in [3.05, 3.63) is 65.2 Å². The molecular weight excluding hydrogens is 344 g/mol. The number of rotatable bonds is 5. The maximum Gasteiger partial charge on any atom is 0.307 e. The highest BCUT2D eigenvalue weighted by Crippen LogP contribution is 2.29. The summed E-state index contributed by atoms with van der Waals surface area (Å²) < 4.78 is 4.76. The number of carbonyl (C=O) groups is 3. The minimum absolute atomic E-state index is 0.00632. The molecule has 6 heteroatoms. The Morgan fingerprint density at radius 1 is 1.15 bits per heavy atom. The maximum absolute atomic E-state index is 12.8. The number of hydrogen-bond acceptors (Lipinski definition) is 4. The molecule has 0 bridgehead atoms. The maximum atomic E-state index is 12.8. The van der Waals surface area contributed by atoms with Crippen LogP contribution < -0.4 is 10.2 Å². The molecule has 140 valence electrons. The molecule has 0 unspecified atom stereocenters. The van der Waals surface area contributed by atoms with Crippen molar-refractivity contribution in [2.75, 3.05) is 18.6 Å². The van der Waals surface area contributed by atoms with Gasteiger partial charge in [0.05, 0.1) is 19.6 Å². The van der Waals surface area contributed by atoms with Crippen molar-refractivity contribution in [2.45, 2.75) is 25.8 Å². The number of benzene rings is 2. The number of ether oxygens (including phenoxy) is 1. The lowest BCUT2D eigenvalue weighted by molar-refractivity contribution is -0.141. The average Bonchev–Trinajstić information content (AvgIpc) is 3.11. The summed E-state index contributed by atoms with van der Waals surface area (Å²) >= 11 is 0. The minimum Gasteiger partial charge on any atom is -0.469 e. The molecule has 6 nitrogen and oxygen atoms in total. The molecule has 1 aliphatic heterocycles. The molecule has 0 aromatic heterocycles.